The van der Waals surface area contributed by atoms with E-state index in [1.54, 1.807) is 0 Å². The van der Waals surface area contributed by atoms with Crippen molar-refractivity contribution in [2.24, 2.45) is 11.7 Å². The molecule has 2 saturated carbocycles. The summed E-state index contributed by atoms with van der Waals surface area (Å²) in [5, 5.41) is 2.91. The van der Waals surface area contributed by atoms with Crippen LogP contribution in [0.3, 0.4) is 0 Å². The summed E-state index contributed by atoms with van der Waals surface area (Å²) in [7, 11) is 0. The molecule has 0 spiro atoms. The van der Waals surface area contributed by atoms with Crippen molar-refractivity contribution in [3.05, 3.63) is 0 Å². The van der Waals surface area contributed by atoms with Crippen LogP contribution in [0.15, 0.2) is 0 Å². The van der Waals surface area contributed by atoms with E-state index >= 15 is 0 Å². The standard InChI is InChI=1S/C12H21FN2O/c13-9-3-1-8(2-4-9)7-11(14)12(16)15-10-5-6-10/h8-11H,1-7,14H2,(H,15,16)/t8?,9?,11-/m0/s1. The van der Waals surface area contributed by atoms with Crippen molar-refractivity contribution in [1.82, 2.24) is 5.32 Å². The lowest BCUT2D eigenvalue weighted by atomic mass is 9.84. The Kier molecular flexibility index (Phi) is 3.79. The average Bonchev–Trinajstić information content (AvgIpc) is 3.05. The molecule has 0 aliphatic heterocycles. The van der Waals surface area contributed by atoms with Crippen LogP contribution in [0.5, 0.6) is 0 Å². The molecule has 4 heteroatoms. The Morgan fingerprint density at radius 3 is 2.44 bits per heavy atom. The van der Waals surface area contributed by atoms with Gasteiger partial charge in [0.05, 0.1) is 6.04 Å². The number of hydrogen-bond donors (Lipinski definition) is 2. The first-order chi connectivity index (χ1) is 7.65. The quantitative estimate of drug-likeness (QED) is 0.766. The third-order valence-electron chi connectivity index (χ3n) is 3.62. The Morgan fingerprint density at radius 2 is 1.88 bits per heavy atom. The molecule has 0 radical (unpaired) electrons. The van der Waals surface area contributed by atoms with E-state index in [9.17, 15) is 9.18 Å². The second kappa shape index (κ2) is 5.13. The number of amides is 1. The molecule has 0 unspecified atom stereocenters. The molecule has 1 atom stereocenters. The van der Waals surface area contributed by atoms with Gasteiger partial charge < -0.3 is 11.1 Å². The normalized spacial score (nSPS) is 32.1. The summed E-state index contributed by atoms with van der Waals surface area (Å²) in [6, 6.07) is -0.0260. The zero-order valence-corrected chi connectivity index (χ0v) is 9.62. The molecule has 0 aromatic rings. The lowest BCUT2D eigenvalue weighted by Crippen LogP contribution is -2.43. The van der Waals surface area contributed by atoms with Crippen molar-refractivity contribution in [3.63, 3.8) is 0 Å². The molecular formula is C12H21FN2O. The molecule has 1 amide bonds. The van der Waals surface area contributed by atoms with Crippen LogP contribution in [0.2, 0.25) is 0 Å². The fourth-order valence-corrected chi connectivity index (χ4v) is 2.36. The lowest BCUT2D eigenvalue weighted by Gasteiger charge is -2.26. The van der Waals surface area contributed by atoms with E-state index in [0.717, 1.165) is 25.7 Å². The zero-order valence-electron chi connectivity index (χ0n) is 9.62. The number of alkyl halides is 1. The van der Waals surface area contributed by atoms with Gasteiger partial charge in [-0.25, -0.2) is 4.39 Å². The summed E-state index contributed by atoms with van der Waals surface area (Å²) in [6.45, 7) is 0. The Labute approximate surface area is 96.0 Å². The number of halogens is 1. The monoisotopic (exact) mass is 228 g/mol. The van der Waals surface area contributed by atoms with Gasteiger partial charge in [0.1, 0.15) is 6.17 Å². The van der Waals surface area contributed by atoms with Gasteiger partial charge in [-0.15, -0.1) is 0 Å². The van der Waals surface area contributed by atoms with E-state index < -0.39 is 12.2 Å². The number of hydrogen-bond acceptors (Lipinski definition) is 2. The first-order valence-electron chi connectivity index (χ1n) is 6.35. The summed E-state index contributed by atoms with van der Waals surface area (Å²) >= 11 is 0. The third-order valence-corrected chi connectivity index (χ3v) is 3.62. The van der Waals surface area contributed by atoms with Gasteiger partial charge in [0.25, 0.3) is 0 Å². The van der Waals surface area contributed by atoms with Crippen LogP contribution in [0.1, 0.15) is 44.9 Å². The molecule has 16 heavy (non-hydrogen) atoms. The molecule has 2 aliphatic carbocycles. The summed E-state index contributed by atoms with van der Waals surface area (Å²) < 4.78 is 12.9. The van der Waals surface area contributed by atoms with Gasteiger partial charge in [-0.1, -0.05) is 0 Å². The van der Waals surface area contributed by atoms with Gasteiger partial charge in [-0.05, 0) is 50.9 Å². The second-order valence-corrected chi connectivity index (χ2v) is 5.24. The van der Waals surface area contributed by atoms with E-state index in [-0.39, 0.29) is 5.91 Å². The van der Waals surface area contributed by atoms with E-state index in [1.807, 2.05) is 0 Å². The average molecular weight is 228 g/mol. The van der Waals surface area contributed by atoms with Gasteiger partial charge in [0, 0.05) is 6.04 Å². The molecular weight excluding hydrogens is 207 g/mol. The lowest BCUT2D eigenvalue weighted by molar-refractivity contribution is -0.122. The predicted molar refractivity (Wildman–Crippen MR) is 60.6 cm³/mol. The van der Waals surface area contributed by atoms with E-state index in [2.05, 4.69) is 5.32 Å². The van der Waals surface area contributed by atoms with Crippen molar-refractivity contribution >= 4 is 5.91 Å². The first kappa shape index (κ1) is 11.8. The first-order valence-corrected chi connectivity index (χ1v) is 6.35. The van der Waals surface area contributed by atoms with E-state index in [0.29, 0.717) is 31.2 Å². The van der Waals surface area contributed by atoms with Crippen molar-refractivity contribution in [3.8, 4) is 0 Å². The number of carbonyl (C=O) groups is 1. The molecule has 0 heterocycles. The van der Waals surface area contributed by atoms with Crippen molar-refractivity contribution < 1.29 is 9.18 Å². The number of carbonyl (C=O) groups excluding carboxylic acids is 1. The van der Waals surface area contributed by atoms with Gasteiger partial charge in [0.2, 0.25) is 5.91 Å². The van der Waals surface area contributed by atoms with Crippen LogP contribution < -0.4 is 11.1 Å². The SMILES string of the molecule is N[C@@H](CC1CCC(F)CC1)C(=O)NC1CC1. The van der Waals surface area contributed by atoms with Gasteiger partial charge in [-0.2, -0.15) is 0 Å². The van der Waals surface area contributed by atoms with Crippen LogP contribution in [0.4, 0.5) is 4.39 Å². The van der Waals surface area contributed by atoms with Crippen molar-refractivity contribution in [2.75, 3.05) is 0 Å². The number of nitrogens with two attached hydrogens (primary N) is 1. The molecule has 0 aromatic carbocycles. The van der Waals surface area contributed by atoms with Crippen LogP contribution in [0, 0.1) is 5.92 Å². The molecule has 2 aliphatic rings. The minimum atomic E-state index is -0.632. The molecule has 3 N–H and O–H groups in total. The summed E-state index contributed by atoms with van der Waals surface area (Å²) in [4.78, 5) is 11.6. The van der Waals surface area contributed by atoms with Crippen LogP contribution in [-0.4, -0.2) is 24.2 Å². The van der Waals surface area contributed by atoms with E-state index in [1.165, 1.54) is 0 Å². The maximum absolute atomic E-state index is 12.9. The summed E-state index contributed by atoms with van der Waals surface area (Å²) in [5.74, 6) is 0.414. The van der Waals surface area contributed by atoms with Gasteiger partial charge in [0.15, 0.2) is 0 Å². The Morgan fingerprint density at radius 1 is 1.25 bits per heavy atom. The Balaban J connectivity index is 1.69. The molecule has 3 nitrogen and oxygen atoms in total. The molecule has 2 rings (SSSR count). The summed E-state index contributed by atoms with van der Waals surface area (Å²) in [6.07, 6.45) is 5.30. The Hall–Kier alpha value is -0.640. The van der Waals surface area contributed by atoms with Gasteiger partial charge in [-0.3, -0.25) is 4.79 Å². The van der Waals surface area contributed by atoms with Crippen molar-refractivity contribution in [1.29, 1.82) is 0 Å². The highest BCUT2D eigenvalue weighted by Crippen LogP contribution is 2.29. The Bertz CT molecular complexity index is 247. The topological polar surface area (TPSA) is 55.1 Å². The smallest absolute Gasteiger partial charge is 0.237 e. The molecule has 2 fully saturated rings. The van der Waals surface area contributed by atoms with Crippen LogP contribution >= 0.6 is 0 Å². The zero-order chi connectivity index (χ0) is 11.5. The summed E-state index contributed by atoms with van der Waals surface area (Å²) in [5.41, 5.74) is 5.85. The van der Waals surface area contributed by atoms with E-state index in [4.69, 9.17) is 5.73 Å². The third kappa shape index (κ3) is 3.44. The highest BCUT2D eigenvalue weighted by atomic mass is 19.1. The predicted octanol–water partition coefficient (Wildman–Crippen LogP) is 1.51. The maximum Gasteiger partial charge on any atom is 0.237 e. The molecule has 0 bridgehead atoms. The number of rotatable bonds is 4. The largest absolute Gasteiger partial charge is 0.352 e. The molecule has 92 valence electrons. The second-order valence-electron chi connectivity index (χ2n) is 5.24. The number of nitrogens with one attached hydrogen (secondary N) is 1. The maximum atomic E-state index is 12.9. The fourth-order valence-electron chi connectivity index (χ4n) is 2.36. The van der Waals surface area contributed by atoms with Crippen molar-refractivity contribution in [2.45, 2.75) is 63.2 Å². The minimum absolute atomic E-state index is 0.0233. The van der Waals surface area contributed by atoms with Crippen LogP contribution in [-0.2, 0) is 4.79 Å². The molecule has 0 aromatic heterocycles. The highest BCUT2D eigenvalue weighted by Gasteiger charge is 2.28. The fraction of sp³-hybridized carbons (Fsp3) is 0.917. The highest BCUT2D eigenvalue weighted by molar-refractivity contribution is 5.82. The van der Waals surface area contributed by atoms with Crippen LogP contribution in [0.25, 0.3) is 0 Å². The minimum Gasteiger partial charge on any atom is -0.352 e. The molecule has 0 saturated heterocycles. The van der Waals surface area contributed by atoms with Gasteiger partial charge >= 0.3 is 0 Å².